The number of nitrogens with zero attached hydrogens (tertiary/aromatic N) is 3. The van der Waals surface area contributed by atoms with Crippen molar-refractivity contribution in [2.75, 3.05) is 0 Å². The fourth-order valence-electron chi connectivity index (χ4n) is 3.27. The summed E-state index contributed by atoms with van der Waals surface area (Å²) in [6.45, 7) is 1.37. The number of fused-ring (bicyclic) bond motifs is 1. The van der Waals surface area contributed by atoms with Crippen LogP contribution in [0.15, 0.2) is 48.8 Å². The van der Waals surface area contributed by atoms with Crippen LogP contribution in [0.1, 0.15) is 47.7 Å². The van der Waals surface area contributed by atoms with Gasteiger partial charge in [0.15, 0.2) is 5.78 Å². The molecule has 148 valence electrons. The summed E-state index contributed by atoms with van der Waals surface area (Å²) in [6, 6.07) is 10.3. The summed E-state index contributed by atoms with van der Waals surface area (Å²) in [5.41, 5.74) is 0.596. The van der Waals surface area contributed by atoms with Crippen LogP contribution in [0.4, 0.5) is 13.2 Å². The van der Waals surface area contributed by atoms with E-state index in [1.807, 2.05) is 18.2 Å². The van der Waals surface area contributed by atoms with Crippen molar-refractivity contribution >= 4 is 17.8 Å². The third-order valence-corrected chi connectivity index (χ3v) is 4.72. The minimum Gasteiger partial charge on any atom is -0.311 e. The van der Waals surface area contributed by atoms with Crippen molar-refractivity contribution in [3.8, 4) is 6.07 Å². The zero-order valence-corrected chi connectivity index (χ0v) is 15.3. The van der Waals surface area contributed by atoms with Gasteiger partial charge in [0.1, 0.15) is 5.92 Å². The van der Waals surface area contributed by atoms with Crippen LogP contribution in [0.25, 0.3) is 6.08 Å². The second-order valence-corrected chi connectivity index (χ2v) is 6.59. The Balaban J connectivity index is 1.88. The molecule has 5 nitrogen and oxygen atoms in total. The van der Waals surface area contributed by atoms with Crippen LogP contribution in [0.5, 0.6) is 0 Å². The van der Waals surface area contributed by atoms with E-state index in [1.165, 1.54) is 11.8 Å². The molecule has 0 saturated heterocycles. The lowest BCUT2D eigenvalue weighted by Crippen LogP contribution is -2.33. The van der Waals surface area contributed by atoms with E-state index in [9.17, 15) is 28.0 Å². The molecule has 0 spiro atoms. The van der Waals surface area contributed by atoms with Gasteiger partial charge in [-0.3, -0.25) is 14.6 Å². The molecule has 1 aromatic carbocycles. The van der Waals surface area contributed by atoms with Gasteiger partial charge in [-0.15, -0.1) is 0 Å². The monoisotopic (exact) mass is 399 g/mol. The predicted octanol–water partition coefficient (Wildman–Crippen LogP) is 4.24. The van der Waals surface area contributed by atoms with Gasteiger partial charge in [-0.05, 0) is 29.3 Å². The van der Waals surface area contributed by atoms with Crippen molar-refractivity contribution in [3.63, 3.8) is 0 Å². The van der Waals surface area contributed by atoms with Crippen molar-refractivity contribution in [1.29, 1.82) is 5.26 Å². The predicted molar refractivity (Wildman–Crippen MR) is 98.0 cm³/mol. The van der Waals surface area contributed by atoms with E-state index >= 15 is 0 Å². The Morgan fingerprint density at radius 3 is 2.55 bits per heavy atom. The molecule has 0 bridgehead atoms. The quantitative estimate of drug-likeness (QED) is 0.771. The number of halogens is 3. The molecule has 8 heteroatoms. The number of rotatable bonds is 4. The first-order chi connectivity index (χ1) is 13.7. The van der Waals surface area contributed by atoms with Crippen LogP contribution in [0, 0.1) is 11.3 Å². The average Bonchev–Trinajstić information content (AvgIpc) is 2.68. The number of hydrogen-bond donors (Lipinski definition) is 0. The lowest BCUT2D eigenvalue weighted by Gasteiger charge is -2.32. The second-order valence-electron chi connectivity index (χ2n) is 6.59. The maximum absolute atomic E-state index is 12.9. The number of alkyl halides is 3. The fourth-order valence-corrected chi connectivity index (χ4v) is 3.27. The Kier molecular flexibility index (Phi) is 5.50. The molecule has 2 heterocycles. The normalized spacial score (nSPS) is 16.7. The number of carbonyl (C=O) groups excluding carboxylic acids is 2. The van der Waals surface area contributed by atoms with Gasteiger partial charge in [-0.2, -0.15) is 18.4 Å². The zero-order chi connectivity index (χ0) is 21.2. The summed E-state index contributed by atoms with van der Waals surface area (Å²) < 4.78 is 38.1. The number of Topliss-reactive ketones (excluding diaryl/α,β-unsaturated/α-hetero) is 1. The Hall–Kier alpha value is -3.47. The van der Waals surface area contributed by atoms with Gasteiger partial charge in [0, 0.05) is 25.7 Å². The molecule has 1 amide bonds. The van der Waals surface area contributed by atoms with E-state index in [-0.39, 0.29) is 18.0 Å². The molecular weight excluding hydrogens is 383 g/mol. The number of pyridine rings is 1. The lowest BCUT2D eigenvalue weighted by atomic mass is 9.88. The van der Waals surface area contributed by atoms with Crippen molar-refractivity contribution in [2.45, 2.75) is 31.5 Å². The highest BCUT2D eigenvalue weighted by atomic mass is 19.4. The Morgan fingerprint density at radius 1 is 1.24 bits per heavy atom. The molecule has 1 aliphatic rings. The number of aromatic nitrogens is 1. The van der Waals surface area contributed by atoms with Crippen molar-refractivity contribution < 1.29 is 22.8 Å². The van der Waals surface area contributed by atoms with Gasteiger partial charge in [-0.25, -0.2) is 0 Å². The molecule has 2 unspecified atom stereocenters. The zero-order valence-electron chi connectivity index (χ0n) is 15.3. The van der Waals surface area contributed by atoms with Crippen molar-refractivity contribution in [1.82, 2.24) is 9.88 Å². The standard InChI is InChI=1S/C21H16F3N3O2/c1-13(28)27-9-8-14-4-2-3-5-16(14)19(27)10-20(29)17(11-25)18-7-6-15(12-26-18)21(22,23)24/h2-9,12,17,19H,10H2,1H3. The Bertz CT molecular complexity index is 1010. The lowest BCUT2D eigenvalue weighted by molar-refractivity contribution is -0.137. The highest BCUT2D eigenvalue weighted by Crippen LogP contribution is 2.35. The molecule has 1 aliphatic heterocycles. The van der Waals surface area contributed by atoms with Crippen LogP contribution in [0.2, 0.25) is 0 Å². The SMILES string of the molecule is CC(=O)N1C=Cc2ccccc2C1CC(=O)C(C#N)c1ccc(C(F)(F)F)cn1. The van der Waals surface area contributed by atoms with Gasteiger partial charge in [-0.1, -0.05) is 24.3 Å². The van der Waals surface area contributed by atoms with Crippen LogP contribution in [-0.4, -0.2) is 21.6 Å². The van der Waals surface area contributed by atoms with E-state index in [0.717, 1.165) is 23.3 Å². The van der Waals surface area contributed by atoms with E-state index < -0.39 is 29.5 Å². The summed E-state index contributed by atoms with van der Waals surface area (Å²) in [5.74, 6) is -2.13. The topological polar surface area (TPSA) is 74.1 Å². The average molecular weight is 399 g/mol. The van der Waals surface area contributed by atoms with E-state index in [4.69, 9.17) is 0 Å². The molecule has 0 fully saturated rings. The first-order valence-electron chi connectivity index (χ1n) is 8.74. The first kappa shape index (κ1) is 20.3. The highest BCUT2D eigenvalue weighted by molar-refractivity contribution is 5.89. The van der Waals surface area contributed by atoms with Crippen molar-refractivity contribution in [2.24, 2.45) is 0 Å². The number of carbonyl (C=O) groups is 2. The molecule has 2 atom stereocenters. The minimum absolute atomic E-state index is 0.0560. The third kappa shape index (κ3) is 4.19. The molecular formula is C21H16F3N3O2. The number of hydrogen-bond acceptors (Lipinski definition) is 4. The smallest absolute Gasteiger partial charge is 0.311 e. The highest BCUT2D eigenvalue weighted by Gasteiger charge is 2.34. The van der Waals surface area contributed by atoms with Crippen LogP contribution >= 0.6 is 0 Å². The summed E-state index contributed by atoms with van der Waals surface area (Å²) in [5, 5.41) is 9.45. The molecule has 29 heavy (non-hydrogen) atoms. The van der Waals surface area contributed by atoms with E-state index in [0.29, 0.717) is 6.20 Å². The number of nitriles is 1. The minimum atomic E-state index is -4.56. The summed E-state index contributed by atoms with van der Waals surface area (Å²) in [4.78, 5) is 30.0. The van der Waals surface area contributed by atoms with Gasteiger partial charge >= 0.3 is 6.18 Å². The van der Waals surface area contributed by atoms with Gasteiger partial charge in [0.2, 0.25) is 5.91 Å². The van der Waals surface area contributed by atoms with Crippen molar-refractivity contribution in [3.05, 3.63) is 71.2 Å². The molecule has 1 aromatic heterocycles. The van der Waals surface area contributed by atoms with E-state index in [1.54, 1.807) is 24.4 Å². The van der Waals surface area contributed by atoms with Gasteiger partial charge in [0.05, 0.1) is 23.4 Å². The first-order valence-corrected chi connectivity index (χ1v) is 8.74. The molecule has 2 aromatic rings. The number of amides is 1. The van der Waals surface area contributed by atoms with Gasteiger partial charge < -0.3 is 4.90 Å². The maximum Gasteiger partial charge on any atom is 0.417 e. The molecule has 0 N–H and O–H groups in total. The van der Waals surface area contributed by atoms with Crippen LogP contribution in [0.3, 0.4) is 0 Å². The maximum atomic E-state index is 12.9. The summed E-state index contributed by atoms with van der Waals surface area (Å²) in [7, 11) is 0. The Labute approximate surface area is 165 Å². The fraction of sp³-hybridized carbons (Fsp3) is 0.238. The molecule has 0 radical (unpaired) electrons. The van der Waals surface area contributed by atoms with Crippen LogP contribution < -0.4 is 0 Å². The molecule has 0 aliphatic carbocycles. The third-order valence-electron chi connectivity index (χ3n) is 4.72. The Morgan fingerprint density at radius 2 is 1.97 bits per heavy atom. The van der Waals surface area contributed by atoms with Crippen LogP contribution in [-0.2, 0) is 15.8 Å². The van der Waals surface area contributed by atoms with E-state index in [2.05, 4.69) is 4.98 Å². The number of benzene rings is 1. The second kappa shape index (κ2) is 7.87. The largest absolute Gasteiger partial charge is 0.417 e. The summed E-state index contributed by atoms with van der Waals surface area (Å²) >= 11 is 0. The molecule has 0 saturated carbocycles. The molecule has 3 rings (SSSR count). The number of ketones is 1. The van der Waals surface area contributed by atoms with Gasteiger partial charge in [0.25, 0.3) is 0 Å². The summed E-state index contributed by atoms with van der Waals surface area (Å²) in [6.07, 6.45) is -0.773.